The van der Waals surface area contributed by atoms with Gasteiger partial charge in [0, 0.05) is 26.2 Å². The Morgan fingerprint density at radius 2 is 2.44 bits per heavy atom. The molecule has 0 spiro atoms. The average molecular weight is 226 g/mol. The van der Waals surface area contributed by atoms with Crippen LogP contribution in [0.25, 0.3) is 0 Å². The number of morpholine rings is 1. The van der Waals surface area contributed by atoms with Crippen molar-refractivity contribution < 1.29 is 14.3 Å². The maximum atomic E-state index is 11.0. The highest BCUT2D eigenvalue weighted by atomic mass is 16.6. The van der Waals surface area contributed by atoms with Gasteiger partial charge >= 0.3 is 0 Å². The molecule has 5 nitrogen and oxygen atoms in total. The van der Waals surface area contributed by atoms with Crippen LogP contribution in [0.4, 0.5) is 0 Å². The Labute approximate surface area is 95.4 Å². The SMILES string of the molecule is CNC(=O)/C=C/CN1CCOC2COCC21. The van der Waals surface area contributed by atoms with Gasteiger partial charge < -0.3 is 14.8 Å². The van der Waals surface area contributed by atoms with E-state index in [9.17, 15) is 4.79 Å². The summed E-state index contributed by atoms with van der Waals surface area (Å²) in [6.07, 6.45) is 3.67. The lowest BCUT2D eigenvalue weighted by molar-refractivity contribution is -0.116. The smallest absolute Gasteiger partial charge is 0.243 e. The van der Waals surface area contributed by atoms with Crippen molar-refractivity contribution in [3.05, 3.63) is 12.2 Å². The van der Waals surface area contributed by atoms with E-state index >= 15 is 0 Å². The summed E-state index contributed by atoms with van der Waals surface area (Å²) in [7, 11) is 1.63. The summed E-state index contributed by atoms with van der Waals surface area (Å²) in [5, 5.41) is 2.56. The Hall–Kier alpha value is -0.910. The van der Waals surface area contributed by atoms with Crippen molar-refractivity contribution in [2.75, 3.05) is 40.0 Å². The first-order valence-electron chi connectivity index (χ1n) is 5.63. The van der Waals surface area contributed by atoms with Gasteiger partial charge in [0.05, 0.1) is 32.0 Å². The molecule has 2 atom stereocenters. The molecular weight excluding hydrogens is 208 g/mol. The van der Waals surface area contributed by atoms with Crippen LogP contribution in [0, 0.1) is 0 Å². The molecule has 2 aliphatic rings. The highest BCUT2D eigenvalue weighted by Crippen LogP contribution is 2.20. The number of hydrogen-bond acceptors (Lipinski definition) is 4. The van der Waals surface area contributed by atoms with E-state index in [0.717, 1.165) is 26.3 Å². The molecule has 1 N–H and O–H groups in total. The number of nitrogens with one attached hydrogen (secondary N) is 1. The number of ether oxygens (including phenoxy) is 2. The van der Waals surface area contributed by atoms with Gasteiger partial charge in [0.1, 0.15) is 0 Å². The molecule has 5 heteroatoms. The van der Waals surface area contributed by atoms with Crippen molar-refractivity contribution in [3.8, 4) is 0 Å². The Morgan fingerprint density at radius 1 is 1.56 bits per heavy atom. The summed E-state index contributed by atoms with van der Waals surface area (Å²) >= 11 is 0. The molecule has 0 aliphatic carbocycles. The van der Waals surface area contributed by atoms with Crippen LogP contribution in [0.5, 0.6) is 0 Å². The second kappa shape index (κ2) is 5.43. The minimum Gasteiger partial charge on any atom is -0.377 e. The third-order valence-electron chi connectivity index (χ3n) is 3.03. The van der Waals surface area contributed by atoms with Gasteiger partial charge in [-0.2, -0.15) is 0 Å². The highest BCUT2D eigenvalue weighted by molar-refractivity contribution is 5.87. The van der Waals surface area contributed by atoms with Crippen molar-refractivity contribution in [2.45, 2.75) is 12.1 Å². The zero-order chi connectivity index (χ0) is 11.4. The number of carbonyl (C=O) groups is 1. The summed E-state index contributed by atoms with van der Waals surface area (Å²) in [5.74, 6) is -0.0625. The number of hydrogen-bond donors (Lipinski definition) is 1. The number of likely N-dealkylation sites (N-methyl/N-ethyl adjacent to an activating group) is 1. The van der Waals surface area contributed by atoms with Crippen LogP contribution >= 0.6 is 0 Å². The van der Waals surface area contributed by atoms with Gasteiger partial charge in [0.15, 0.2) is 0 Å². The van der Waals surface area contributed by atoms with Crippen LogP contribution in [0.15, 0.2) is 12.2 Å². The van der Waals surface area contributed by atoms with E-state index in [2.05, 4.69) is 10.2 Å². The molecule has 1 amide bonds. The van der Waals surface area contributed by atoms with Crippen molar-refractivity contribution in [1.29, 1.82) is 0 Å². The van der Waals surface area contributed by atoms with E-state index in [1.807, 2.05) is 6.08 Å². The zero-order valence-corrected chi connectivity index (χ0v) is 9.52. The Kier molecular flexibility index (Phi) is 3.93. The van der Waals surface area contributed by atoms with Gasteiger partial charge in [-0.1, -0.05) is 6.08 Å². The van der Waals surface area contributed by atoms with Crippen molar-refractivity contribution in [3.63, 3.8) is 0 Å². The highest BCUT2D eigenvalue weighted by Gasteiger charge is 2.36. The fourth-order valence-corrected chi connectivity index (χ4v) is 2.12. The molecule has 0 aromatic heterocycles. The lowest BCUT2D eigenvalue weighted by Gasteiger charge is -2.35. The summed E-state index contributed by atoms with van der Waals surface area (Å²) in [4.78, 5) is 13.3. The van der Waals surface area contributed by atoms with E-state index < -0.39 is 0 Å². The van der Waals surface area contributed by atoms with Gasteiger partial charge in [0.25, 0.3) is 0 Å². The van der Waals surface area contributed by atoms with Crippen LogP contribution in [0.2, 0.25) is 0 Å². The number of rotatable bonds is 3. The zero-order valence-electron chi connectivity index (χ0n) is 9.52. The number of fused-ring (bicyclic) bond motifs is 1. The largest absolute Gasteiger partial charge is 0.377 e. The van der Waals surface area contributed by atoms with Gasteiger partial charge in [-0.05, 0) is 0 Å². The van der Waals surface area contributed by atoms with E-state index in [1.165, 1.54) is 0 Å². The molecule has 2 fully saturated rings. The Bertz CT molecular complexity index is 280. The summed E-state index contributed by atoms with van der Waals surface area (Å²) in [6, 6.07) is 0.350. The summed E-state index contributed by atoms with van der Waals surface area (Å²) in [5.41, 5.74) is 0. The third kappa shape index (κ3) is 2.61. The molecule has 0 radical (unpaired) electrons. The van der Waals surface area contributed by atoms with Gasteiger partial charge in [-0.3, -0.25) is 9.69 Å². The topological polar surface area (TPSA) is 50.8 Å². The number of amides is 1. The molecule has 2 saturated heterocycles. The normalized spacial score (nSPS) is 30.6. The van der Waals surface area contributed by atoms with Crippen LogP contribution < -0.4 is 5.32 Å². The van der Waals surface area contributed by atoms with Gasteiger partial charge in [0.2, 0.25) is 5.91 Å². The molecule has 0 aromatic carbocycles. The van der Waals surface area contributed by atoms with Gasteiger partial charge in [-0.25, -0.2) is 0 Å². The second-order valence-electron chi connectivity index (χ2n) is 4.03. The molecule has 0 saturated carbocycles. The van der Waals surface area contributed by atoms with Crippen molar-refractivity contribution in [2.24, 2.45) is 0 Å². The second-order valence-corrected chi connectivity index (χ2v) is 4.03. The first-order valence-corrected chi connectivity index (χ1v) is 5.63. The molecule has 0 aromatic rings. The minimum atomic E-state index is -0.0625. The molecule has 90 valence electrons. The standard InChI is InChI=1S/C11H18N2O3/c1-12-11(14)3-2-4-13-5-6-16-10-8-15-7-9(10)13/h2-3,9-10H,4-8H2,1H3,(H,12,14)/b3-2+. The molecule has 2 unspecified atom stereocenters. The van der Waals surface area contributed by atoms with Crippen LogP contribution in [-0.4, -0.2) is 62.9 Å². The average Bonchev–Trinajstić information content (AvgIpc) is 2.77. The monoisotopic (exact) mass is 226 g/mol. The number of nitrogens with zero attached hydrogens (tertiary/aromatic N) is 1. The van der Waals surface area contributed by atoms with E-state index in [0.29, 0.717) is 12.6 Å². The molecule has 2 aliphatic heterocycles. The quantitative estimate of drug-likeness (QED) is 0.652. The maximum Gasteiger partial charge on any atom is 0.243 e. The van der Waals surface area contributed by atoms with Crippen molar-refractivity contribution >= 4 is 5.91 Å². The predicted octanol–water partition coefficient (Wildman–Crippen LogP) is -0.612. The van der Waals surface area contributed by atoms with E-state index in [-0.39, 0.29) is 12.0 Å². The fourth-order valence-electron chi connectivity index (χ4n) is 2.12. The molecule has 0 bridgehead atoms. The van der Waals surface area contributed by atoms with E-state index in [4.69, 9.17) is 9.47 Å². The van der Waals surface area contributed by atoms with Gasteiger partial charge in [-0.15, -0.1) is 0 Å². The lowest BCUT2D eigenvalue weighted by atomic mass is 10.1. The molecule has 2 heterocycles. The van der Waals surface area contributed by atoms with Crippen molar-refractivity contribution in [1.82, 2.24) is 10.2 Å². The Balaban J connectivity index is 1.84. The number of carbonyl (C=O) groups excluding carboxylic acids is 1. The summed E-state index contributed by atoms with van der Waals surface area (Å²) in [6.45, 7) is 3.86. The molecule has 16 heavy (non-hydrogen) atoms. The third-order valence-corrected chi connectivity index (χ3v) is 3.03. The molecule has 2 rings (SSSR count). The van der Waals surface area contributed by atoms with Crippen LogP contribution in [0.3, 0.4) is 0 Å². The maximum absolute atomic E-state index is 11.0. The predicted molar refractivity (Wildman–Crippen MR) is 59.1 cm³/mol. The molecular formula is C11H18N2O3. The van der Waals surface area contributed by atoms with E-state index in [1.54, 1.807) is 13.1 Å². The van der Waals surface area contributed by atoms with Crippen LogP contribution in [-0.2, 0) is 14.3 Å². The lowest BCUT2D eigenvalue weighted by Crippen LogP contribution is -2.50. The minimum absolute atomic E-state index is 0.0625. The Morgan fingerprint density at radius 3 is 3.25 bits per heavy atom. The summed E-state index contributed by atoms with van der Waals surface area (Å²) < 4.78 is 11.0. The first-order chi connectivity index (χ1) is 7.81. The fraction of sp³-hybridized carbons (Fsp3) is 0.727. The first kappa shape index (κ1) is 11.6. The van der Waals surface area contributed by atoms with Crippen LogP contribution in [0.1, 0.15) is 0 Å².